The fourth-order valence-corrected chi connectivity index (χ4v) is 9.07. The van der Waals surface area contributed by atoms with Crippen molar-refractivity contribution in [1.29, 1.82) is 0 Å². The van der Waals surface area contributed by atoms with Crippen LogP contribution in [0.2, 0.25) is 0 Å². The molecule has 0 saturated carbocycles. The molecule has 336 valence electrons. The lowest BCUT2D eigenvalue weighted by Crippen LogP contribution is -2.49. The number of hydrogen-bond acceptors (Lipinski definition) is 12. The van der Waals surface area contributed by atoms with Crippen LogP contribution in [0.5, 0.6) is 0 Å². The number of fused-ring (bicyclic) bond motifs is 1. The number of pyridine rings is 1. The minimum Gasteiger partial charge on any atom is -0.374 e. The van der Waals surface area contributed by atoms with Gasteiger partial charge in [0.2, 0.25) is 29.5 Å². The maximum absolute atomic E-state index is 15.6. The van der Waals surface area contributed by atoms with Crippen molar-refractivity contribution in [2.75, 3.05) is 72.7 Å². The lowest BCUT2D eigenvalue weighted by Gasteiger charge is -2.37. The number of piperidine rings is 2. The number of anilines is 4. The number of ketones is 1. The number of carbonyl (C=O) groups excluding carboxylic acids is 4. The van der Waals surface area contributed by atoms with Crippen LogP contribution in [0.15, 0.2) is 61.2 Å². The molecule has 2 aromatic carbocycles. The van der Waals surface area contributed by atoms with Gasteiger partial charge in [-0.05, 0) is 61.6 Å². The second kappa shape index (κ2) is 18.2. The number of nitrogens with zero attached hydrogens (tertiary/aromatic N) is 7. The largest absolute Gasteiger partial charge is 0.374 e. The van der Waals surface area contributed by atoms with Crippen LogP contribution in [0.25, 0.3) is 22.2 Å². The Labute approximate surface area is 366 Å². The molecule has 6 heterocycles. The normalized spacial score (nSPS) is 17.5. The van der Waals surface area contributed by atoms with Crippen LogP contribution in [0.4, 0.5) is 36.2 Å². The predicted octanol–water partition coefficient (Wildman–Crippen LogP) is 4.45. The first kappa shape index (κ1) is 44.0. The molecule has 8 rings (SSSR count). The van der Waals surface area contributed by atoms with Crippen molar-refractivity contribution in [3.63, 3.8) is 0 Å². The molecular weight excluding hydrogens is 856 g/mol. The summed E-state index contributed by atoms with van der Waals surface area (Å²) in [5.74, 6) is -3.99. The van der Waals surface area contributed by atoms with Gasteiger partial charge in [-0.3, -0.25) is 29.2 Å². The van der Waals surface area contributed by atoms with Gasteiger partial charge < -0.3 is 25.0 Å². The smallest absolute Gasteiger partial charge is 0.301 e. The monoisotopic (exact) mass is 901 g/mol. The van der Waals surface area contributed by atoms with Crippen molar-refractivity contribution in [2.24, 2.45) is 5.92 Å². The number of carbonyl (C=O) groups is 4. The molecule has 4 N–H and O–H groups in total. The van der Waals surface area contributed by atoms with Crippen LogP contribution < -0.4 is 25.2 Å². The van der Waals surface area contributed by atoms with Crippen molar-refractivity contribution >= 4 is 67.8 Å². The fourth-order valence-electron chi connectivity index (χ4n) is 8.14. The van der Waals surface area contributed by atoms with Crippen molar-refractivity contribution in [3.05, 3.63) is 89.8 Å². The molecule has 0 spiro atoms. The number of aromatic nitrogens is 4. The van der Waals surface area contributed by atoms with Gasteiger partial charge in [-0.2, -0.15) is 12.7 Å². The minimum atomic E-state index is -4.16. The number of piperazine rings is 1. The van der Waals surface area contributed by atoms with Crippen LogP contribution in [0, 0.1) is 23.4 Å². The van der Waals surface area contributed by atoms with E-state index in [4.69, 9.17) is 0 Å². The van der Waals surface area contributed by atoms with Gasteiger partial charge in [0, 0.05) is 118 Å². The van der Waals surface area contributed by atoms with E-state index in [-0.39, 0.29) is 47.3 Å². The SMILES string of the molecule is CCN(C)S(=O)(=O)Nc1ccc(F)c(C(=O)c2c[nH]c3ncc(-c4cnc(N5CCN(C(=O)CC6CCN(c7ccc(NC8CCC(=O)NC8=O)cc7F)CC6)CC5)nc4)cc23)c1F. The summed E-state index contributed by atoms with van der Waals surface area (Å²) >= 11 is 0. The number of nitrogens with one attached hydrogen (secondary N) is 4. The van der Waals surface area contributed by atoms with Crippen LogP contribution in [0.3, 0.4) is 0 Å². The zero-order chi connectivity index (χ0) is 45.3. The summed E-state index contributed by atoms with van der Waals surface area (Å²) in [5.41, 5.74) is 0.713. The molecule has 3 aliphatic rings. The van der Waals surface area contributed by atoms with Gasteiger partial charge in [0.1, 0.15) is 23.3 Å². The highest BCUT2D eigenvalue weighted by Crippen LogP contribution is 2.32. The summed E-state index contributed by atoms with van der Waals surface area (Å²) in [4.78, 5) is 72.7. The Morgan fingerprint density at radius 2 is 1.59 bits per heavy atom. The number of aromatic amines is 1. The zero-order valence-electron chi connectivity index (χ0n) is 35.0. The second-order valence-corrected chi connectivity index (χ2v) is 17.8. The van der Waals surface area contributed by atoms with Crippen molar-refractivity contribution in [2.45, 2.75) is 45.1 Å². The van der Waals surface area contributed by atoms with Gasteiger partial charge in [-0.1, -0.05) is 6.92 Å². The van der Waals surface area contributed by atoms with Gasteiger partial charge in [0.05, 0.1) is 16.9 Å². The summed E-state index contributed by atoms with van der Waals surface area (Å²) in [7, 11) is -2.87. The highest BCUT2D eigenvalue weighted by atomic mass is 32.2. The summed E-state index contributed by atoms with van der Waals surface area (Å²) < 4.78 is 73.9. The lowest BCUT2D eigenvalue weighted by atomic mass is 9.92. The third-order valence-electron chi connectivity index (χ3n) is 12.0. The van der Waals surface area contributed by atoms with Gasteiger partial charge in [-0.15, -0.1) is 0 Å². The second-order valence-electron chi connectivity index (χ2n) is 16.0. The van der Waals surface area contributed by atoms with Gasteiger partial charge >= 0.3 is 10.2 Å². The molecule has 1 unspecified atom stereocenters. The van der Waals surface area contributed by atoms with E-state index in [1.807, 2.05) is 14.7 Å². The van der Waals surface area contributed by atoms with Crippen molar-refractivity contribution in [3.8, 4) is 11.1 Å². The summed E-state index contributed by atoms with van der Waals surface area (Å²) in [6, 6.07) is 7.53. The van der Waals surface area contributed by atoms with E-state index in [2.05, 4.69) is 35.3 Å². The van der Waals surface area contributed by atoms with Crippen molar-refractivity contribution in [1.82, 2.24) is 34.5 Å². The van der Waals surface area contributed by atoms with E-state index in [9.17, 15) is 27.6 Å². The van der Waals surface area contributed by atoms with E-state index in [1.54, 1.807) is 43.7 Å². The van der Waals surface area contributed by atoms with E-state index in [1.165, 1.54) is 19.3 Å². The van der Waals surface area contributed by atoms with E-state index in [0.29, 0.717) is 80.6 Å². The van der Waals surface area contributed by atoms with Gasteiger partial charge in [-0.25, -0.2) is 28.1 Å². The highest BCUT2D eigenvalue weighted by Gasteiger charge is 2.31. The minimum absolute atomic E-state index is 0.0672. The third kappa shape index (κ3) is 9.21. The van der Waals surface area contributed by atoms with E-state index in [0.717, 1.165) is 29.3 Å². The average molecular weight is 902 g/mol. The Bertz CT molecular complexity index is 2720. The molecule has 17 nitrogen and oxygen atoms in total. The zero-order valence-corrected chi connectivity index (χ0v) is 35.9. The first-order valence-electron chi connectivity index (χ1n) is 20.9. The molecule has 0 aliphatic carbocycles. The molecule has 3 amide bonds. The molecular formula is C43H46F3N11O6S. The van der Waals surface area contributed by atoms with Crippen LogP contribution in [0.1, 0.15) is 54.9 Å². The first-order chi connectivity index (χ1) is 30.7. The maximum atomic E-state index is 15.6. The molecule has 5 aromatic rings. The molecule has 3 saturated heterocycles. The average Bonchev–Trinajstić information content (AvgIpc) is 3.72. The summed E-state index contributed by atoms with van der Waals surface area (Å²) in [5, 5.41) is 5.57. The fraction of sp³-hybridized carbons (Fsp3) is 0.372. The molecule has 3 aliphatic heterocycles. The molecule has 3 aromatic heterocycles. The molecule has 1 atom stereocenters. The molecule has 3 fully saturated rings. The molecule has 64 heavy (non-hydrogen) atoms. The Morgan fingerprint density at radius 3 is 2.28 bits per heavy atom. The number of benzene rings is 2. The first-order valence-corrected chi connectivity index (χ1v) is 22.4. The summed E-state index contributed by atoms with van der Waals surface area (Å²) in [6.07, 6.45) is 8.47. The van der Waals surface area contributed by atoms with Crippen molar-refractivity contribution < 1.29 is 40.8 Å². The van der Waals surface area contributed by atoms with Crippen LogP contribution in [-0.2, 0) is 24.6 Å². The lowest BCUT2D eigenvalue weighted by molar-refractivity contribution is -0.134. The number of imide groups is 1. The number of rotatable bonds is 13. The summed E-state index contributed by atoms with van der Waals surface area (Å²) in [6.45, 7) is 4.89. The quantitative estimate of drug-likeness (QED) is 0.0956. The Balaban J connectivity index is 0.839. The molecule has 0 bridgehead atoms. The third-order valence-corrected chi connectivity index (χ3v) is 13.6. The Morgan fingerprint density at radius 1 is 0.875 bits per heavy atom. The topological polar surface area (TPSA) is 206 Å². The van der Waals surface area contributed by atoms with E-state index < -0.39 is 56.6 Å². The van der Waals surface area contributed by atoms with Gasteiger partial charge in [0.15, 0.2) is 5.82 Å². The van der Waals surface area contributed by atoms with E-state index >= 15 is 13.2 Å². The maximum Gasteiger partial charge on any atom is 0.301 e. The van der Waals surface area contributed by atoms with Gasteiger partial charge in [0.25, 0.3) is 0 Å². The number of H-pyrrole nitrogens is 1. The standard InChI is InChI=1S/C43H46F3N11O6S/c1-3-54(2)64(62,63)53-33-6-5-31(44)38(39(33)46)40(60)30-24-48-41-29(30)19-26(21-47-41)27-22-49-43(50-23-27)57-16-14-56(15-17-57)37(59)18-25-10-12-55(13-11-25)35-8-4-28(20-32(35)45)51-34-7-9-36(58)52-42(34)61/h4-6,8,19-25,34,51,53H,3,7,9-18H2,1-2H3,(H,47,48)(H,52,58,61). The highest BCUT2D eigenvalue weighted by molar-refractivity contribution is 7.90. The predicted molar refractivity (Wildman–Crippen MR) is 232 cm³/mol. The number of amides is 3. The molecule has 0 radical (unpaired) electrons. The Kier molecular flexibility index (Phi) is 12.5. The number of hydrogen-bond donors (Lipinski definition) is 4. The Hall–Kier alpha value is -6.61. The number of halogens is 3. The molecule has 21 heteroatoms. The van der Waals surface area contributed by atoms with Crippen LogP contribution >= 0.6 is 0 Å². The van der Waals surface area contributed by atoms with Crippen LogP contribution in [-0.4, -0.2) is 120 Å².